The highest BCUT2D eigenvalue weighted by Gasteiger charge is 2.40. The number of carbonyl (C=O) groups excluding carboxylic acids is 1. The lowest BCUT2D eigenvalue weighted by Crippen LogP contribution is -2.36. The Labute approximate surface area is 335 Å². The van der Waals surface area contributed by atoms with Gasteiger partial charge in [0.05, 0.1) is 6.10 Å². The molecule has 1 amide bonds. The molecule has 9 nitrogen and oxygen atoms in total. The predicted octanol–water partition coefficient (Wildman–Crippen LogP) is 11.5. The van der Waals surface area contributed by atoms with E-state index >= 15 is 0 Å². The Morgan fingerprint density at radius 3 is 1.62 bits per heavy atom. The molecule has 0 spiro atoms. The van der Waals surface area contributed by atoms with E-state index in [1.165, 1.54) is 161 Å². The molecule has 0 saturated carbocycles. The number of aromatic amines is 1. The number of unbranched alkanes of at least 4 members (excludes halogenated alkanes) is 27. The van der Waals surface area contributed by atoms with E-state index in [1.54, 1.807) is 4.98 Å². The maximum Gasteiger partial charge on any atom is 0.423 e. The van der Waals surface area contributed by atoms with E-state index in [0.29, 0.717) is 17.3 Å². The Kier molecular flexibility index (Phi) is 27.5. The Balaban J connectivity index is 1.38. The third kappa shape index (κ3) is 22.8. The largest absolute Gasteiger partial charge is 0.447 e. The number of carbonyl (C=O) groups is 1. The average molecular weight is 798 g/mol. The number of hydrogen-bond acceptors (Lipinski definition) is 6. The molecule has 12 heteroatoms. The maximum absolute atomic E-state index is 13.3. The molecule has 2 rings (SSSR count). The van der Waals surface area contributed by atoms with Crippen molar-refractivity contribution in [3.05, 3.63) is 32.6 Å². The second-order valence-electron chi connectivity index (χ2n) is 15.7. The molecular weight excluding hydrogens is 723 g/mol. The van der Waals surface area contributed by atoms with E-state index in [4.69, 9.17) is 20.6 Å². The number of aromatic nitrogens is 2. The van der Waals surface area contributed by atoms with Gasteiger partial charge >= 0.3 is 18.0 Å². The van der Waals surface area contributed by atoms with Crippen molar-refractivity contribution in [2.24, 2.45) is 0 Å². The maximum atomic E-state index is 13.3. The monoisotopic (exact) mass is 798 g/mol. The lowest BCUT2D eigenvalue weighted by atomic mass is 10.0. The highest BCUT2D eigenvalue weighted by atomic mass is 19.4. The predicted molar refractivity (Wildman–Crippen MR) is 218 cm³/mol. The minimum atomic E-state index is -4.97. The first-order valence-corrected chi connectivity index (χ1v) is 22.2. The number of ether oxygens (including phenoxy) is 3. The Morgan fingerprint density at radius 1 is 0.786 bits per heavy atom. The van der Waals surface area contributed by atoms with Crippen molar-refractivity contribution in [1.82, 2.24) is 14.9 Å². The number of alkyl carbamates (subject to hydrolysis) is 1. The number of nitrogens with one attached hydrogen (secondary N) is 2. The fourth-order valence-corrected chi connectivity index (χ4v) is 7.45. The first-order valence-electron chi connectivity index (χ1n) is 22.2. The van der Waals surface area contributed by atoms with Crippen molar-refractivity contribution < 1.29 is 32.2 Å². The summed E-state index contributed by atoms with van der Waals surface area (Å²) in [5.74, 6) is 2.31. The standard InChI is InChI=1S/C44H74F3N3O6/c1-3-5-6-7-8-9-10-11-12-13-14-15-16-17-18-19-20-21-22-23-24-25-26-27-28-29-30-31-32-48-43(53)55-36-39-38(54-33-4-2)34-40(56-39)50-35-37(44(45,46)47)41(51)49-42(50)52/h2,35,38-40H,3,5-34,36H2,1H3,(H,48,53)(H,49,51,52)/t38-,39+,40+/m0/s1. The zero-order valence-corrected chi connectivity index (χ0v) is 34.5. The molecule has 2 heterocycles. The Morgan fingerprint density at radius 2 is 1.21 bits per heavy atom. The van der Waals surface area contributed by atoms with Crippen LogP contribution in [0.25, 0.3) is 0 Å². The summed E-state index contributed by atoms with van der Waals surface area (Å²) in [5.41, 5.74) is -4.14. The van der Waals surface area contributed by atoms with E-state index in [1.807, 2.05) is 0 Å². The number of nitrogens with zero attached hydrogens (tertiary/aromatic N) is 1. The summed E-state index contributed by atoms with van der Waals surface area (Å²) in [5, 5.41) is 2.71. The molecule has 1 aromatic heterocycles. The van der Waals surface area contributed by atoms with Gasteiger partial charge in [-0.15, -0.1) is 6.42 Å². The Hall–Kier alpha value is -2.78. The van der Waals surface area contributed by atoms with Crippen molar-refractivity contribution in [3.8, 4) is 12.3 Å². The first kappa shape index (κ1) is 49.4. The van der Waals surface area contributed by atoms with Gasteiger partial charge in [-0.3, -0.25) is 14.3 Å². The fourth-order valence-electron chi connectivity index (χ4n) is 7.45. The fraction of sp³-hybridized carbons (Fsp3) is 0.841. The number of H-pyrrole nitrogens is 1. The van der Waals surface area contributed by atoms with Crippen molar-refractivity contribution in [1.29, 1.82) is 0 Å². The van der Waals surface area contributed by atoms with E-state index < -0.39 is 47.5 Å². The van der Waals surface area contributed by atoms with Crippen molar-refractivity contribution in [2.75, 3.05) is 19.8 Å². The van der Waals surface area contributed by atoms with Gasteiger partial charge in [0.1, 0.15) is 31.1 Å². The summed E-state index contributed by atoms with van der Waals surface area (Å²) < 4.78 is 57.0. The molecular formula is C44H74F3N3O6. The van der Waals surface area contributed by atoms with Gasteiger partial charge in [0.25, 0.3) is 5.56 Å². The molecule has 322 valence electrons. The number of alkyl halides is 3. The lowest BCUT2D eigenvalue weighted by molar-refractivity contribution is -0.139. The molecule has 0 radical (unpaired) electrons. The highest BCUT2D eigenvalue weighted by Crippen LogP contribution is 2.32. The van der Waals surface area contributed by atoms with Crippen LogP contribution in [0.15, 0.2) is 15.8 Å². The molecule has 1 aliphatic heterocycles. The minimum Gasteiger partial charge on any atom is -0.447 e. The summed E-state index contributed by atoms with van der Waals surface area (Å²) in [6.45, 7) is 2.36. The van der Waals surface area contributed by atoms with E-state index in [9.17, 15) is 27.6 Å². The Bertz CT molecular complexity index is 1310. The molecule has 1 fully saturated rings. The summed E-state index contributed by atoms with van der Waals surface area (Å²) in [4.78, 5) is 37.9. The van der Waals surface area contributed by atoms with Crippen LogP contribution in [-0.2, 0) is 20.4 Å². The zero-order valence-electron chi connectivity index (χ0n) is 34.5. The average Bonchev–Trinajstić information content (AvgIpc) is 3.57. The summed E-state index contributed by atoms with van der Waals surface area (Å²) in [6, 6.07) is 0. The van der Waals surface area contributed by atoms with E-state index in [2.05, 4.69) is 18.2 Å². The summed E-state index contributed by atoms with van der Waals surface area (Å²) in [6.07, 6.45) is 34.8. The molecule has 1 saturated heterocycles. The van der Waals surface area contributed by atoms with Gasteiger partial charge in [-0.1, -0.05) is 186 Å². The van der Waals surface area contributed by atoms with Crippen LogP contribution in [0.5, 0.6) is 0 Å². The molecule has 0 bridgehead atoms. The van der Waals surface area contributed by atoms with Crippen LogP contribution in [0.4, 0.5) is 18.0 Å². The topological polar surface area (TPSA) is 112 Å². The second-order valence-corrected chi connectivity index (χ2v) is 15.7. The molecule has 2 N–H and O–H groups in total. The van der Waals surface area contributed by atoms with Gasteiger partial charge in [0.15, 0.2) is 0 Å². The van der Waals surface area contributed by atoms with Crippen LogP contribution in [0.3, 0.4) is 0 Å². The van der Waals surface area contributed by atoms with Crippen LogP contribution < -0.4 is 16.6 Å². The van der Waals surface area contributed by atoms with Crippen LogP contribution in [0.1, 0.15) is 205 Å². The van der Waals surface area contributed by atoms with Crippen LogP contribution in [0, 0.1) is 12.3 Å². The molecule has 1 aromatic rings. The van der Waals surface area contributed by atoms with Crippen molar-refractivity contribution >= 4 is 6.09 Å². The summed E-state index contributed by atoms with van der Waals surface area (Å²) in [7, 11) is 0. The summed E-state index contributed by atoms with van der Waals surface area (Å²) >= 11 is 0. The van der Waals surface area contributed by atoms with Gasteiger partial charge in [0.2, 0.25) is 0 Å². The number of halogens is 3. The number of amides is 1. The third-order valence-electron chi connectivity index (χ3n) is 10.8. The smallest absolute Gasteiger partial charge is 0.423 e. The molecule has 0 aromatic carbocycles. The molecule has 0 aliphatic carbocycles. The van der Waals surface area contributed by atoms with Crippen LogP contribution in [-0.4, -0.2) is 47.6 Å². The third-order valence-corrected chi connectivity index (χ3v) is 10.8. The normalized spacial score (nSPS) is 16.9. The van der Waals surface area contributed by atoms with Gasteiger partial charge in [-0.05, 0) is 6.42 Å². The zero-order chi connectivity index (χ0) is 40.7. The number of terminal acetylenes is 1. The van der Waals surface area contributed by atoms with Gasteiger partial charge in [-0.2, -0.15) is 13.2 Å². The molecule has 56 heavy (non-hydrogen) atoms. The second kappa shape index (κ2) is 31.2. The quantitative estimate of drug-likeness (QED) is 0.0530. The molecule has 0 unspecified atom stereocenters. The number of rotatable bonds is 34. The van der Waals surface area contributed by atoms with E-state index in [0.717, 1.165) is 19.3 Å². The number of hydrogen-bond donors (Lipinski definition) is 2. The first-order chi connectivity index (χ1) is 27.2. The van der Waals surface area contributed by atoms with Gasteiger partial charge in [0, 0.05) is 19.2 Å². The van der Waals surface area contributed by atoms with Crippen molar-refractivity contribution in [2.45, 2.75) is 218 Å². The minimum absolute atomic E-state index is 0.0415. The molecule has 3 atom stereocenters. The van der Waals surface area contributed by atoms with Gasteiger partial charge in [-0.25, -0.2) is 9.59 Å². The SMILES string of the molecule is C#CCO[C@H]1C[C@H](n2cc(C(F)(F)F)c(=O)[nH]c2=O)O[C@@H]1COC(=O)NCCCCCCCCCCCCCCCCCCCCCCCCCCCCCC. The van der Waals surface area contributed by atoms with Crippen LogP contribution in [0.2, 0.25) is 0 Å². The lowest BCUT2D eigenvalue weighted by Gasteiger charge is -2.18. The van der Waals surface area contributed by atoms with Gasteiger partial charge < -0.3 is 19.5 Å². The van der Waals surface area contributed by atoms with E-state index in [-0.39, 0.29) is 19.6 Å². The van der Waals surface area contributed by atoms with Crippen LogP contribution >= 0.6 is 0 Å². The van der Waals surface area contributed by atoms with Crippen molar-refractivity contribution in [3.63, 3.8) is 0 Å². The molecule has 1 aliphatic rings. The highest BCUT2D eigenvalue weighted by molar-refractivity contribution is 5.67.